The quantitative estimate of drug-likeness (QED) is 0.208. The van der Waals surface area contributed by atoms with Crippen molar-refractivity contribution >= 4 is 29.9 Å². The average molecular weight is 509 g/mol. The maximum Gasteiger partial charge on any atom is 0.191 e. The number of nitrogens with one attached hydrogen (secondary N) is 2. The molecule has 1 aromatic carbocycles. The van der Waals surface area contributed by atoms with Gasteiger partial charge in [0.15, 0.2) is 17.5 Å². The second-order valence-electron chi connectivity index (χ2n) is 6.66. The summed E-state index contributed by atoms with van der Waals surface area (Å²) in [5.41, 5.74) is 0. The first-order valence-electron chi connectivity index (χ1n) is 9.78. The monoisotopic (exact) mass is 509 g/mol. The van der Waals surface area contributed by atoms with Crippen molar-refractivity contribution in [1.29, 1.82) is 0 Å². The van der Waals surface area contributed by atoms with Gasteiger partial charge in [-0.3, -0.25) is 0 Å². The number of ether oxygens (including phenoxy) is 3. The fourth-order valence-corrected chi connectivity index (χ4v) is 2.70. The molecule has 0 aliphatic carbocycles. The van der Waals surface area contributed by atoms with Crippen LogP contribution in [-0.2, 0) is 9.47 Å². The van der Waals surface area contributed by atoms with Crippen molar-refractivity contribution in [2.75, 3.05) is 46.1 Å². The molecule has 1 aromatic rings. The molecule has 2 unspecified atom stereocenters. The Kier molecular flexibility index (Phi) is 13.2. The second kappa shape index (κ2) is 14.8. The highest BCUT2D eigenvalue weighted by molar-refractivity contribution is 14.0. The Hall–Kier alpha value is -1.13. The Bertz CT molecular complexity index is 571. The Morgan fingerprint density at radius 2 is 2.18 bits per heavy atom. The minimum atomic E-state index is -0.359. The highest BCUT2D eigenvalue weighted by atomic mass is 127. The maximum atomic E-state index is 13.6. The van der Waals surface area contributed by atoms with E-state index in [1.54, 1.807) is 18.2 Å². The lowest BCUT2D eigenvalue weighted by Crippen LogP contribution is -2.38. The van der Waals surface area contributed by atoms with E-state index >= 15 is 0 Å². The van der Waals surface area contributed by atoms with Crippen LogP contribution in [0.4, 0.5) is 4.39 Å². The predicted molar refractivity (Wildman–Crippen MR) is 120 cm³/mol. The summed E-state index contributed by atoms with van der Waals surface area (Å²) in [6.07, 6.45) is 1.77. The van der Waals surface area contributed by atoms with Crippen LogP contribution in [0.25, 0.3) is 0 Å². The number of hydrogen-bond acceptors (Lipinski definition) is 4. The largest absolute Gasteiger partial charge is 0.486 e. The molecule has 0 radical (unpaired) electrons. The molecule has 0 saturated carbocycles. The number of halogens is 2. The topological polar surface area (TPSA) is 64.1 Å². The van der Waals surface area contributed by atoms with Gasteiger partial charge in [-0.2, -0.15) is 0 Å². The first-order valence-corrected chi connectivity index (χ1v) is 9.78. The number of hydrogen-bond donors (Lipinski definition) is 2. The maximum absolute atomic E-state index is 13.6. The molecule has 2 rings (SSSR count). The zero-order valence-corrected chi connectivity index (χ0v) is 19.1. The zero-order chi connectivity index (χ0) is 19.3. The van der Waals surface area contributed by atoms with Crippen molar-refractivity contribution in [3.8, 4) is 5.75 Å². The summed E-state index contributed by atoms with van der Waals surface area (Å²) in [7, 11) is 0. The van der Waals surface area contributed by atoms with Crippen molar-refractivity contribution in [3.63, 3.8) is 0 Å². The predicted octanol–water partition coefficient (Wildman–Crippen LogP) is 3.21. The van der Waals surface area contributed by atoms with Crippen LogP contribution < -0.4 is 15.4 Å². The summed E-state index contributed by atoms with van der Waals surface area (Å²) in [6.45, 7) is 9.04. The average Bonchev–Trinajstić information content (AvgIpc) is 3.18. The number of guanidine groups is 1. The number of aliphatic imine (C=N–C) groups is 1. The van der Waals surface area contributed by atoms with Gasteiger partial charge >= 0.3 is 0 Å². The summed E-state index contributed by atoms with van der Waals surface area (Å²) in [6, 6.07) is 6.40. The normalized spacial score (nSPS) is 17.7. The molecule has 0 aromatic heterocycles. The Labute approximate surface area is 184 Å². The van der Waals surface area contributed by atoms with E-state index in [1.807, 2.05) is 13.8 Å². The zero-order valence-electron chi connectivity index (χ0n) is 16.8. The lowest BCUT2D eigenvalue weighted by atomic mass is 10.1. The third kappa shape index (κ3) is 9.88. The van der Waals surface area contributed by atoms with Crippen LogP contribution in [0.5, 0.6) is 5.75 Å². The van der Waals surface area contributed by atoms with Crippen LogP contribution >= 0.6 is 24.0 Å². The SMILES string of the molecule is CCNC(=NCC(C)Oc1ccccc1F)NCCCOCC1CCOC1.I. The molecule has 2 N–H and O–H groups in total. The fraction of sp³-hybridized carbons (Fsp3) is 0.650. The molecule has 2 atom stereocenters. The molecule has 28 heavy (non-hydrogen) atoms. The molecule has 0 bridgehead atoms. The number of nitrogens with zero attached hydrogens (tertiary/aromatic N) is 1. The van der Waals surface area contributed by atoms with Gasteiger partial charge in [0, 0.05) is 32.2 Å². The van der Waals surface area contributed by atoms with E-state index in [0.717, 1.165) is 58.3 Å². The van der Waals surface area contributed by atoms with Gasteiger partial charge in [0.05, 0.1) is 19.8 Å². The molecule has 1 fully saturated rings. The van der Waals surface area contributed by atoms with Gasteiger partial charge in [-0.05, 0) is 38.8 Å². The van der Waals surface area contributed by atoms with Gasteiger partial charge in [0.2, 0.25) is 0 Å². The Balaban J connectivity index is 0.00000392. The van der Waals surface area contributed by atoms with Gasteiger partial charge in [0.1, 0.15) is 6.10 Å². The minimum absolute atomic E-state index is 0. The van der Waals surface area contributed by atoms with E-state index in [4.69, 9.17) is 14.2 Å². The molecule has 1 heterocycles. The summed E-state index contributed by atoms with van der Waals surface area (Å²) in [4.78, 5) is 4.51. The van der Waals surface area contributed by atoms with Crippen molar-refractivity contribution in [1.82, 2.24) is 10.6 Å². The summed E-state index contributed by atoms with van der Waals surface area (Å²) < 4.78 is 30.3. The molecule has 1 aliphatic rings. The van der Waals surface area contributed by atoms with Crippen LogP contribution in [0, 0.1) is 11.7 Å². The van der Waals surface area contributed by atoms with Crippen LogP contribution in [0.1, 0.15) is 26.7 Å². The molecule has 8 heteroatoms. The van der Waals surface area contributed by atoms with Gasteiger partial charge in [-0.25, -0.2) is 9.38 Å². The van der Waals surface area contributed by atoms with E-state index in [1.165, 1.54) is 6.07 Å². The van der Waals surface area contributed by atoms with Gasteiger partial charge in [-0.1, -0.05) is 12.1 Å². The number of rotatable bonds is 11. The van der Waals surface area contributed by atoms with Crippen LogP contribution in [-0.4, -0.2) is 58.1 Å². The fourth-order valence-electron chi connectivity index (χ4n) is 2.70. The van der Waals surface area contributed by atoms with E-state index in [-0.39, 0.29) is 41.6 Å². The van der Waals surface area contributed by atoms with Crippen LogP contribution in [0.15, 0.2) is 29.3 Å². The third-order valence-electron chi connectivity index (χ3n) is 4.15. The van der Waals surface area contributed by atoms with Crippen LogP contribution in [0.3, 0.4) is 0 Å². The number of para-hydroxylation sites is 1. The number of benzene rings is 1. The van der Waals surface area contributed by atoms with Crippen molar-refractivity contribution in [2.24, 2.45) is 10.9 Å². The molecule has 1 aliphatic heterocycles. The summed E-state index contributed by atoms with van der Waals surface area (Å²) >= 11 is 0. The lowest BCUT2D eigenvalue weighted by Gasteiger charge is -2.15. The van der Waals surface area contributed by atoms with Gasteiger partial charge in [0.25, 0.3) is 0 Å². The molecular weight excluding hydrogens is 476 g/mol. The van der Waals surface area contributed by atoms with E-state index in [9.17, 15) is 4.39 Å². The van der Waals surface area contributed by atoms with Crippen LogP contribution in [0.2, 0.25) is 0 Å². The van der Waals surface area contributed by atoms with E-state index in [0.29, 0.717) is 12.5 Å². The first-order chi connectivity index (χ1) is 13.2. The molecule has 160 valence electrons. The van der Waals surface area contributed by atoms with Crippen molar-refractivity contribution < 1.29 is 18.6 Å². The van der Waals surface area contributed by atoms with E-state index < -0.39 is 0 Å². The third-order valence-corrected chi connectivity index (χ3v) is 4.15. The molecule has 0 spiro atoms. The lowest BCUT2D eigenvalue weighted by molar-refractivity contribution is 0.0888. The highest BCUT2D eigenvalue weighted by Gasteiger charge is 2.15. The minimum Gasteiger partial charge on any atom is -0.486 e. The highest BCUT2D eigenvalue weighted by Crippen LogP contribution is 2.17. The molecule has 0 amide bonds. The molecule has 6 nitrogen and oxygen atoms in total. The second-order valence-corrected chi connectivity index (χ2v) is 6.66. The summed E-state index contributed by atoms with van der Waals surface area (Å²) in [5, 5.41) is 6.49. The first kappa shape index (κ1) is 24.9. The Morgan fingerprint density at radius 3 is 2.89 bits per heavy atom. The van der Waals surface area contributed by atoms with Crippen molar-refractivity contribution in [2.45, 2.75) is 32.8 Å². The molecule has 1 saturated heterocycles. The standard InChI is InChI=1S/C20H32FN3O3.HI/c1-3-22-20(23-10-6-11-25-14-17-9-12-26-15-17)24-13-16(2)27-19-8-5-4-7-18(19)21;/h4-5,7-8,16-17H,3,6,9-15H2,1-2H3,(H2,22,23,24);1H. The Morgan fingerprint density at radius 1 is 1.36 bits per heavy atom. The van der Waals surface area contributed by atoms with Gasteiger partial charge < -0.3 is 24.8 Å². The van der Waals surface area contributed by atoms with E-state index in [2.05, 4.69) is 15.6 Å². The summed E-state index contributed by atoms with van der Waals surface area (Å²) in [5.74, 6) is 1.17. The smallest absolute Gasteiger partial charge is 0.191 e. The molecular formula is C20H33FIN3O3. The van der Waals surface area contributed by atoms with Gasteiger partial charge in [-0.15, -0.1) is 24.0 Å². The van der Waals surface area contributed by atoms with Crippen molar-refractivity contribution in [3.05, 3.63) is 30.1 Å².